The number of ether oxygens (including phenoxy) is 1. The molecular weight excluding hydrogens is 260 g/mol. The van der Waals surface area contributed by atoms with Crippen LogP contribution < -0.4 is 4.90 Å². The van der Waals surface area contributed by atoms with Crippen LogP contribution in [0.1, 0.15) is 19.8 Å². The van der Waals surface area contributed by atoms with Gasteiger partial charge < -0.3 is 9.64 Å². The fourth-order valence-electron chi connectivity index (χ4n) is 2.52. The average molecular weight is 276 g/mol. The average Bonchev–Trinajstić information content (AvgIpc) is 2.96. The highest BCUT2D eigenvalue weighted by Gasteiger charge is 2.28. The normalized spacial score (nSPS) is 19.2. The number of carbonyl (C=O) groups is 1. The van der Waals surface area contributed by atoms with Crippen molar-refractivity contribution in [1.82, 2.24) is 25.0 Å². The van der Waals surface area contributed by atoms with Gasteiger partial charge in [0.15, 0.2) is 11.5 Å². The fraction of sp³-hybridized carbons (Fsp3) is 0.583. The van der Waals surface area contributed by atoms with Gasteiger partial charge in [0.1, 0.15) is 0 Å². The van der Waals surface area contributed by atoms with Crippen LogP contribution in [0, 0.1) is 5.92 Å². The van der Waals surface area contributed by atoms with E-state index in [1.54, 1.807) is 16.9 Å². The molecule has 0 amide bonds. The first-order valence-corrected chi connectivity index (χ1v) is 6.73. The van der Waals surface area contributed by atoms with Gasteiger partial charge in [-0.3, -0.25) is 9.78 Å². The molecule has 3 rings (SSSR count). The lowest BCUT2D eigenvalue weighted by molar-refractivity contribution is -0.148. The predicted molar refractivity (Wildman–Crippen MR) is 70.1 cm³/mol. The summed E-state index contributed by atoms with van der Waals surface area (Å²) in [5.74, 6) is 0.575. The highest BCUT2D eigenvalue weighted by Crippen LogP contribution is 2.23. The maximum atomic E-state index is 11.9. The number of esters is 1. The largest absolute Gasteiger partial charge is 0.466 e. The van der Waals surface area contributed by atoms with Crippen molar-refractivity contribution >= 4 is 17.4 Å². The number of aromatic nitrogens is 5. The smallest absolute Gasteiger partial charge is 0.310 e. The van der Waals surface area contributed by atoms with Crippen LogP contribution in [0.4, 0.5) is 5.82 Å². The number of tetrazole rings is 1. The Morgan fingerprint density at radius 2 is 2.40 bits per heavy atom. The van der Waals surface area contributed by atoms with Crippen LogP contribution in [0.3, 0.4) is 0 Å². The Hall–Kier alpha value is -2.25. The van der Waals surface area contributed by atoms with Crippen LogP contribution in [0.2, 0.25) is 0 Å². The quantitative estimate of drug-likeness (QED) is 0.745. The van der Waals surface area contributed by atoms with E-state index in [-0.39, 0.29) is 11.9 Å². The lowest BCUT2D eigenvalue weighted by Gasteiger charge is -2.32. The van der Waals surface area contributed by atoms with Crippen molar-refractivity contribution in [2.45, 2.75) is 19.8 Å². The molecule has 1 fully saturated rings. The molecule has 0 bridgehead atoms. The van der Waals surface area contributed by atoms with Gasteiger partial charge in [0.05, 0.1) is 24.9 Å². The van der Waals surface area contributed by atoms with Gasteiger partial charge in [-0.1, -0.05) is 0 Å². The lowest BCUT2D eigenvalue weighted by Crippen LogP contribution is -2.40. The van der Waals surface area contributed by atoms with E-state index in [0.29, 0.717) is 18.8 Å². The Kier molecular flexibility index (Phi) is 3.44. The third-order valence-electron chi connectivity index (χ3n) is 3.46. The third kappa shape index (κ3) is 2.28. The molecule has 0 aromatic carbocycles. The van der Waals surface area contributed by atoms with E-state index in [2.05, 4.69) is 25.4 Å². The third-order valence-corrected chi connectivity index (χ3v) is 3.46. The molecule has 106 valence electrons. The minimum absolute atomic E-state index is 0.101. The molecule has 2 aromatic heterocycles. The summed E-state index contributed by atoms with van der Waals surface area (Å²) in [6.45, 7) is 3.71. The van der Waals surface area contributed by atoms with Gasteiger partial charge in [-0.2, -0.15) is 4.52 Å². The summed E-state index contributed by atoms with van der Waals surface area (Å²) in [6.07, 6.45) is 5.11. The van der Waals surface area contributed by atoms with Gasteiger partial charge in [0.25, 0.3) is 0 Å². The van der Waals surface area contributed by atoms with Crippen LogP contribution in [-0.2, 0) is 9.53 Å². The van der Waals surface area contributed by atoms with E-state index in [1.165, 1.54) is 0 Å². The maximum absolute atomic E-state index is 11.9. The summed E-state index contributed by atoms with van der Waals surface area (Å²) in [5, 5.41) is 11.5. The topological polar surface area (TPSA) is 85.5 Å². The highest BCUT2D eigenvalue weighted by atomic mass is 16.5. The minimum Gasteiger partial charge on any atom is -0.466 e. The van der Waals surface area contributed by atoms with Crippen molar-refractivity contribution in [2.75, 3.05) is 24.6 Å². The van der Waals surface area contributed by atoms with Crippen molar-refractivity contribution in [3.05, 3.63) is 12.4 Å². The zero-order valence-corrected chi connectivity index (χ0v) is 11.3. The van der Waals surface area contributed by atoms with Crippen molar-refractivity contribution in [1.29, 1.82) is 0 Å². The van der Waals surface area contributed by atoms with Crippen molar-refractivity contribution in [3.8, 4) is 0 Å². The summed E-state index contributed by atoms with van der Waals surface area (Å²) < 4.78 is 6.75. The Balaban J connectivity index is 1.83. The van der Waals surface area contributed by atoms with E-state index < -0.39 is 0 Å². The number of carbonyl (C=O) groups excluding carboxylic acids is 1. The number of nitrogens with zero attached hydrogens (tertiary/aromatic N) is 6. The number of piperidine rings is 1. The summed E-state index contributed by atoms with van der Waals surface area (Å²) in [4.78, 5) is 18.1. The molecule has 0 aliphatic carbocycles. The molecule has 20 heavy (non-hydrogen) atoms. The Bertz CT molecular complexity index is 613. The molecule has 3 heterocycles. The van der Waals surface area contributed by atoms with Crippen LogP contribution in [0.15, 0.2) is 12.4 Å². The summed E-state index contributed by atoms with van der Waals surface area (Å²) >= 11 is 0. The number of fused-ring (bicyclic) bond motifs is 1. The van der Waals surface area contributed by atoms with Crippen LogP contribution in [0.5, 0.6) is 0 Å². The van der Waals surface area contributed by atoms with Gasteiger partial charge >= 0.3 is 5.97 Å². The summed E-state index contributed by atoms with van der Waals surface area (Å²) in [7, 11) is 0. The SMILES string of the molecule is CCOC(=O)C1CCCN(c2cncc3nnnn23)C1. The second kappa shape index (κ2) is 5.40. The molecule has 8 heteroatoms. The van der Waals surface area contributed by atoms with E-state index >= 15 is 0 Å². The second-order valence-corrected chi connectivity index (χ2v) is 4.75. The molecule has 0 saturated carbocycles. The van der Waals surface area contributed by atoms with Gasteiger partial charge in [-0.15, -0.1) is 5.10 Å². The number of anilines is 1. The molecule has 2 aromatic rings. The molecular formula is C12H16N6O2. The van der Waals surface area contributed by atoms with Crippen LogP contribution >= 0.6 is 0 Å². The van der Waals surface area contributed by atoms with Gasteiger partial charge in [0.2, 0.25) is 0 Å². The monoisotopic (exact) mass is 276 g/mol. The summed E-state index contributed by atoms with van der Waals surface area (Å²) in [6, 6.07) is 0. The Morgan fingerprint density at radius 3 is 3.25 bits per heavy atom. The zero-order chi connectivity index (χ0) is 13.9. The predicted octanol–water partition coefficient (Wildman–Crippen LogP) is 0.299. The zero-order valence-electron chi connectivity index (χ0n) is 11.3. The first-order valence-electron chi connectivity index (χ1n) is 6.73. The van der Waals surface area contributed by atoms with Crippen molar-refractivity contribution in [3.63, 3.8) is 0 Å². The van der Waals surface area contributed by atoms with Crippen molar-refractivity contribution < 1.29 is 9.53 Å². The second-order valence-electron chi connectivity index (χ2n) is 4.75. The van der Waals surface area contributed by atoms with E-state index in [9.17, 15) is 4.79 Å². The summed E-state index contributed by atoms with van der Waals surface area (Å²) in [5.41, 5.74) is 0.598. The van der Waals surface area contributed by atoms with Gasteiger partial charge in [-0.05, 0) is 30.2 Å². The maximum Gasteiger partial charge on any atom is 0.310 e. The minimum atomic E-state index is -0.131. The van der Waals surface area contributed by atoms with Gasteiger partial charge in [0, 0.05) is 13.1 Å². The standard InChI is InChI=1S/C12H16N6O2/c1-2-20-12(19)9-4-3-5-17(8-9)11-7-13-6-10-14-15-16-18(10)11/h6-7,9H,2-5,8H2,1H3. The van der Waals surface area contributed by atoms with E-state index in [1.807, 2.05) is 6.92 Å². The van der Waals surface area contributed by atoms with E-state index in [0.717, 1.165) is 25.2 Å². The van der Waals surface area contributed by atoms with Crippen molar-refractivity contribution in [2.24, 2.45) is 5.92 Å². The first-order chi connectivity index (χ1) is 9.79. The molecule has 1 aliphatic heterocycles. The Morgan fingerprint density at radius 1 is 1.50 bits per heavy atom. The molecule has 0 spiro atoms. The Labute approximate surface area is 115 Å². The number of hydrogen-bond donors (Lipinski definition) is 0. The van der Waals surface area contributed by atoms with Crippen LogP contribution in [-0.4, -0.2) is 50.7 Å². The molecule has 0 N–H and O–H groups in total. The van der Waals surface area contributed by atoms with Crippen LogP contribution in [0.25, 0.3) is 5.65 Å². The number of rotatable bonds is 3. The van der Waals surface area contributed by atoms with E-state index in [4.69, 9.17) is 4.74 Å². The number of hydrogen-bond acceptors (Lipinski definition) is 7. The lowest BCUT2D eigenvalue weighted by atomic mass is 9.98. The van der Waals surface area contributed by atoms with Gasteiger partial charge in [-0.25, -0.2) is 0 Å². The molecule has 1 atom stereocenters. The fourth-order valence-corrected chi connectivity index (χ4v) is 2.52. The molecule has 8 nitrogen and oxygen atoms in total. The highest BCUT2D eigenvalue weighted by molar-refractivity contribution is 5.73. The molecule has 1 unspecified atom stereocenters. The molecule has 1 saturated heterocycles. The molecule has 1 aliphatic rings. The molecule has 0 radical (unpaired) electrons. The first kappa shape index (κ1) is 12.8.